The van der Waals surface area contributed by atoms with Gasteiger partial charge in [-0.1, -0.05) is 36.4 Å². The van der Waals surface area contributed by atoms with Crippen molar-refractivity contribution in [3.05, 3.63) is 84.3 Å². The molecule has 22 heavy (non-hydrogen) atoms. The van der Waals surface area contributed by atoms with Crippen molar-refractivity contribution in [3.63, 3.8) is 0 Å². The van der Waals surface area contributed by atoms with Crippen LogP contribution in [-0.2, 0) is 0 Å². The van der Waals surface area contributed by atoms with Gasteiger partial charge in [-0.3, -0.25) is 0 Å². The van der Waals surface area contributed by atoms with E-state index in [9.17, 15) is 5.21 Å². The van der Waals surface area contributed by atoms with Gasteiger partial charge in [0.15, 0.2) is 6.20 Å². The highest BCUT2D eigenvalue weighted by molar-refractivity contribution is 5.81. The second kappa shape index (κ2) is 5.00. The minimum absolute atomic E-state index is 0.616. The maximum atomic E-state index is 12.3. The summed E-state index contributed by atoms with van der Waals surface area (Å²) in [6.07, 6.45) is 3.29. The summed E-state index contributed by atoms with van der Waals surface area (Å²) in [5, 5.41) is 17.5. The first kappa shape index (κ1) is 12.6. The number of hydrogen-bond donors (Lipinski definition) is 0. The molecule has 0 aliphatic rings. The van der Waals surface area contributed by atoms with Crippen molar-refractivity contribution in [3.8, 4) is 16.9 Å². The van der Waals surface area contributed by atoms with E-state index >= 15 is 0 Å². The van der Waals surface area contributed by atoms with Crippen LogP contribution in [0.3, 0.4) is 0 Å². The molecule has 2 heterocycles. The van der Waals surface area contributed by atoms with Crippen LogP contribution < -0.4 is 4.73 Å². The lowest BCUT2D eigenvalue weighted by Gasteiger charge is -2.07. The van der Waals surface area contributed by atoms with Crippen LogP contribution in [0.15, 0.2) is 79.1 Å². The summed E-state index contributed by atoms with van der Waals surface area (Å²) in [6, 6.07) is 21.4. The van der Waals surface area contributed by atoms with Crippen LogP contribution in [0.5, 0.6) is 0 Å². The van der Waals surface area contributed by atoms with Gasteiger partial charge in [0.05, 0.1) is 22.8 Å². The Morgan fingerprint density at radius 1 is 0.909 bits per heavy atom. The topological polar surface area (TPSA) is 44.8 Å². The van der Waals surface area contributed by atoms with E-state index in [-0.39, 0.29) is 0 Å². The van der Waals surface area contributed by atoms with Crippen molar-refractivity contribution in [1.82, 2.24) is 9.78 Å². The molecule has 0 aliphatic heterocycles. The van der Waals surface area contributed by atoms with E-state index in [1.54, 1.807) is 12.4 Å². The smallest absolute Gasteiger partial charge is 0.225 e. The van der Waals surface area contributed by atoms with Crippen LogP contribution >= 0.6 is 0 Å². The zero-order valence-corrected chi connectivity index (χ0v) is 11.8. The van der Waals surface area contributed by atoms with E-state index in [4.69, 9.17) is 0 Å². The lowest BCUT2D eigenvalue weighted by Crippen LogP contribution is -2.28. The summed E-state index contributed by atoms with van der Waals surface area (Å²) < 4.78 is 2.75. The van der Waals surface area contributed by atoms with Crippen molar-refractivity contribution in [1.29, 1.82) is 0 Å². The highest BCUT2D eigenvalue weighted by atomic mass is 16.5. The molecule has 0 N–H and O–H groups in total. The molecule has 4 aromatic rings. The van der Waals surface area contributed by atoms with E-state index in [1.807, 2.05) is 71.4 Å². The molecule has 4 heteroatoms. The quantitative estimate of drug-likeness (QED) is 0.419. The summed E-state index contributed by atoms with van der Waals surface area (Å²) in [5.41, 5.74) is 3.39. The number of benzene rings is 2. The third-order valence-corrected chi connectivity index (χ3v) is 3.67. The lowest BCUT2D eigenvalue weighted by atomic mass is 10.1. The average molecular weight is 287 g/mol. The predicted molar refractivity (Wildman–Crippen MR) is 85.5 cm³/mol. The van der Waals surface area contributed by atoms with Crippen LogP contribution in [0.4, 0.5) is 0 Å². The van der Waals surface area contributed by atoms with Gasteiger partial charge in [0.2, 0.25) is 5.69 Å². The molecule has 4 nitrogen and oxygen atoms in total. The highest BCUT2D eigenvalue weighted by Gasteiger charge is 2.14. The normalized spacial score (nSPS) is 10.9. The van der Waals surface area contributed by atoms with Crippen LogP contribution in [-0.4, -0.2) is 9.78 Å². The Labute approximate surface area is 127 Å². The van der Waals surface area contributed by atoms with Crippen molar-refractivity contribution >= 4 is 10.9 Å². The van der Waals surface area contributed by atoms with Crippen molar-refractivity contribution in [2.24, 2.45) is 0 Å². The SMILES string of the molecule is [O-][n+]1cc2cnn(-c3ccccc3)c2cc1-c1ccccc1. The fourth-order valence-corrected chi connectivity index (χ4v) is 2.60. The Morgan fingerprint density at radius 3 is 2.32 bits per heavy atom. The van der Waals surface area contributed by atoms with Gasteiger partial charge in [0.25, 0.3) is 0 Å². The van der Waals surface area contributed by atoms with Crippen LogP contribution in [0.25, 0.3) is 27.8 Å². The van der Waals surface area contributed by atoms with Gasteiger partial charge >= 0.3 is 0 Å². The number of para-hydroxylation sites is 1. The van der Waals surface area contributed by atoms with Gasteiger partial charge in [0, 0.05) is 11.6 Å². The van der Waals surface area contributed by atoms with E-state index in [1.165, 1.54) is 0 Å². The summed E-state index contributed by atoms with van der Waals surface area (Å²) >= 11 is 0. The van der Waals surface area contributed by atoms with Gasteiger partial charge in [0.1, 0.15) is 0 Å². The van der Waals surface area contributed by atoms with Gasteiger partial charge < -0.3 is 5.21 Å². The molecule has 4 rings (SSSR count). The van der Waals surface area contributed by atoms with Gasteiger partial charge in [-0.2, -0.15) is 9.83 Å². The first-order valence-corrected chi connectivity index (χ1v) is 7.05. The van der Waals surface area contributed by atoms with Crippen molar-refractivity contribution < 1.29 is 4.73 Å². The number of nitrogens with zero attached hydrogens (tertiary/aromatic N) is 3. The third kappa shape index (κ3) is 2.02. The van der Waals surface area contributed by atoms with Gasteiger partial charge in [-0.05, 0) is 24.3 Å². The molecular formula is C18H13N3O. The molecule has 0 bridgehead atoms. The molecule has 0 radical (unpaired) electrons. The molecule has 0 atom stereocenters. The van der Waals surface area contributed by atoms with E-state index in [0.29, 0.717) is 5.69 Å². The Balaban J connectivity index is 1.96. The minimum atomic E-state index is 0.616. The minimum Gasteiger partial charge on any atom is -0.618 e. The summed E-state index contributed by atoms with van der Waals surface area (Å²) in [4.78, 5) is 0. The molecule has 0 spiro atoms. The molecule has 0 aliphatic carbocycles. The molecule has 0 saturated heterocycles. The number of fused-ring (bicyclic) bond motifs is 1. The fourth-order valence-electron chi connectivity index (χ4n) is 2.60. The molecule has 0 amide bonds. The number of rotatable bonds is 2. The molecular weight excluding hydrogens is 274 g/mol. The molecule has 0 fully saturated rings. The van der Waals surface area contributed by atoms with Crippen LogP contribution in [0, 0.1) is 5.21 Å². The van der Waals surface area contributed by atoms with Crippen LogP contribution in [0.1, 0.15) is 0 Å². The first-order valence-electron chi connectivity index (χ1n) is 7.05. The van der Waals surface area contributed by atoms with Crippen LogP contribution in [0.2, 0.25) is 0 Å². The third-order valence-electron chi connectivity index (χ3n) is 3.67. The zero-order chi connectivity index (χ0) is 14.9. The zero-order valence-electron chi connectivity index (χ0n) is 11.8. The highest BCUT2D eigenvalue weighted by Crippen LogP contribution is 2.22. The first-order chi connectivity index (χ1) is 10.8. The fraction of sp³-hybridized carbons (Fsp3) is 0. The molecule has 0 saturated carbocycles. The molecule has 2 aromatic carbocycles. The standard InChI is InChI=1S/C18H13N3O/c22-20-13-15-12-19-21(16-9-5-2-6-10-16)18(15)11-17(20)14-7-3-1-4-8-14/h1-13H. The van der Waals surface area contributed by atoms with E-state index < -0.39 is 0 Å². The Kier molecular flexibility index (Phi) is 2.86. The predicted octanol–water partition coefficient (Wildman–Crippen LogP) is 3.33. The summed E-state index contributed by atoms with van der Waals surface area (Å²) in [7, 11) is 0. The second-order valence-corrected chi connectivity index (χ2v) is 5.08. The summed E-state index contributed by atoms with van der Waals surface area (Å²) in [6.45, 7) is 0. The van der Waals surface area contributed by atoms with E-state index in [0.717, 1.165) is 26.9 Å². The largest absolute Gasteiger partial charge is 0.618 e. The van der Waals surface area contributed by atoms with Gasteiger partial charge in [-0.15, -0.1) is 0 Å². The molecule has 106 valence electrons. The number of pyridine rings is 1. The van der Waals surface area contributed by atoms with E-state index in [2.05, 4.69) is 5.10 Å². The number of hydrogen-bond acceptors (Lipinski definition) is 2. The summed E-state index contributed by atoms with van der Waals surface area (Å²) in [5.74, 6) is 0. The average Bonchev–Trinajstić information content (AvgIpc) is 2.98. The monoisotopic (exact) mass is 287 g/mol. The van der Waals surface area contributed by atoms with Crippen molar-refractivity contribution in [2.75, 3.05) is 0 Å². The Hall–Kier alpha value is -3.14. The maximum Gasteiger partial charge on any atom is 0.225 e. The maximum absolute atomic E-state index is 12.3. The second-order valence-electron chi connectivity index (χ2n) is 5.08. The number of aromatic nitrogens is 3. The van der Waals surface area contributed by atoms with Crippen molar-refractivity contribution in [2.45, 2.75) is 0 Å². The molecule has 0 unspecified atom stereocenters. The Morgan fingerprint density at radius 2 is 1.59 bits per heavy atom. The van der Waals surface area contributed by atoms with Gasteiger partial charge in [-0.25, -0.2) is 4.68 Å². The molecule has 2 aromatic heterocycles. The lowest BCUT2D eigenvalue weighted by molar-refractivity contribution is -0.592. The Bertz CT molecular complexity index is 931.